The normalized spacial score (nSPS) is 10.6. The Labute approximate surface area is 120 Å². The Morgan fingerprint density at radius 1 is 1.26 bits per heavy atom. The van der Waals surface area contributed by atoms with Gasteiger partial charge in [0.25, 0.3) is 5.91 Å². The molecule has 0 fully saturated rings. The van der Waals surface area contributed by atoms with Crippen LogP contribution in [0.25, 0.3) is 0 Å². The summed E-state index contributed by atoms with van der Waals surface area (Å²) in [7, 11) is 1.61. The van der Waals surface area contributed by atoms with Crippen molar-refractivity contribution >= 4 is 17.5 Å². The molecule has 1 aromatic carbocycles. The average molecular weight is 284 g/mol. The van der Waals surface area contributed by atoms with E-state index in [1.807, 2.05) is 4.90 Å². The van der Waals surface area contributed by atoms with Crippen molar-refractivity contribution in [3.63, 3.8) is 0 Å². The van der Waals surface area contributed by atoms with E-state index in [4.69, 9.17) is 16.3 Å². The van der Waals surface area contributed by atoms with Crippen LogP contribution in [0.15, 0.2) is 24.3 Å². The van der Waals surface area contributed by atoms with Gasteiger partial charge in [0, 0.05) is 24.0 Å². The van der Waals surface area contributed by atoms with Crippen molar-refractivity contribution in [2.75, 3.05) is 19.5 Å². The minimum Gasteiger partial charge on any atom is -0.497 e. The molecule has 106 valence electrons. The third-order valence-electron chi connectivity index (χ3n) is 3.31. The highest BCUT2D eigenvalue weighted by atomic mass is 35.5. The molecule has 0 bridgehead atoms. The summed E-state index contributed by atoms with van der Waals surface area (Å²) in [6.45, 7) is 4.77. The van der Waals surface area contributed by atoms with Gasteiger partial charge in [-0.1, -0.05) is 13.8 Å². The van der Waals surface area contributed by atoms with E-state index in [1.54, 1.807) is 31.4 Å². The molecule has 0 heterocycles. The van der Waals surface area contributed by atoms with E-state index in [2.05, 4.69) is 13.8 Å². The smallest absolute Gasteiger partial charge is 0.254 e. The summed E-state index contributed by atoms with van der Waals surface area (Å²) in [5, 5.41) is 0. The summed E-state index contributed by atoms with van der Waals surface area (Å²) in [5.74, 6) is 1.25. The zero-order chi connectivity index (χ0) is 14.3. The van der Waals surface area contributed by atoms with Crippen molar-refractivity contribution in [1.29, 1.82) is 0 Å². The molecule has 0 N–H and O–H groups in total. The number of benzene rings is 1. The van der Waals surface area contributed by atoms with Crippen molar-refractivity contribution in [3.8, 4) is 5.75 Å². The maximum absolute atomic E-state index is 12.5. The molecule has 0 aliphatic carbocycles. The van der Waals surface area contributed by atoms with Gasteiger partial charge in [-0.15, -0.1) is 11.6 Å². The molecular formula is C15H22ClNO2. The lowest BCUT2D eigenvalue weighted by Gasteiger charge is -2.30. The highest BCUT2D eigenvalue weighted by Gasteiger charge is 2.21. The number of ether oxygens (including phenoxy) is 1. The number of hydrogen-bond acceptors (Lipinski definition) is 2. The summed E-state index contributed by atoms with van der Waals surface area (Å²) in [4.78, 5) is 14.4. The summed E-state index contributed by atoms with van der Waals surface area (Å²) in [6, 6.07) is 7.45. The van der Waals surface area contributed by atoms with Crippen LogP contribution >= 0.6 is 11.6 Å². The van der Waals surface area contributed by atoms with Crippen molar-refractivity contribution in [2.24, 2.45) is 0 Å². The first-order valence-electron chi connectivity index (χ1n) is 6.68. The number of hydrogen-bond donors (Lipinski definition) is 0. The molecule has 0 aromatic heterocycles. The number of methoxy groups -OCH3 is 1. The Kier molecular flexibility index (Phi) is 6.71. The highest BCUT2D eigenvalue weighted by molar-refractivity contribution is 6.18. The Hall–Kier alpha value is -1.22. The molecule has 0 unspecified atom stereocenters. The second-order valence-electron chi connectivity index (χ2n) is 4.39. The van der Waals surface area contributed by atoms with Crippen molar-refractivity contribution in [2.45, 2.75) is 32.7 Å². The van der Waals surface area contributed by atoms with Crippen molar-refractivity contribution in [3.05, 3.63) is 29.8 Å². The third kappa shape index (κ3) is 4.13. The van der Waals surface area contributed by atoms with Crippen LogP contribution in [-0.4, -0.2) is 36.4 Å². The summed E-state index contributed by atoms with van der Waals surface area (Å²) in [6.07, 6.45) is 1.88. The molecule has 4 heteroatoms. The van der Waals surface area contributed by atoms with Crippen LogP contribution in [0.1, 0.15) is 37.0 Å². The lowest BCUT2D eigenvalue weighted by molar-refractivity contribution is 0.0681. The van der Waals surface area contributed by atoms with Gasteiger partial charge < -0.3 is 9.64 Å². The Bertz CT molecular complexity index is 388. The fourth-order valence-corrected chi connectivity index (χ4v) is 2.35. The largest absolute Gasteiger partial charge is 0.497 e. The molecule has 0 aliphatic heterocycles. The molecule has 0 radical (unpaired) electrons. The monoisotopic (exact) mass is 283 g/mol. The Balaban J connectivity index is 2.91. The Morgan fingerprint density at radius 3 is 2.26 bits per heavy atom. The van der Waals surface area contributed by atoms with Crippen LogP contribution in [0.2, 0.25) is 0 Å². The van der Waals surface area contributed by atoms with E-state index < -0.39 is 0 Å². The number of nitrogens with zero attached hydrogens (tertiary/aromatic N) is 1. The second kappa shape index (κ2) is 8.05. The zero-order valence-corrected chi connectivity index (χ0v) is 12.6. The fourth-order valence-electron chi connectivity index (χ4n) is 2.17. The van der Waals surface area contributed by atoms with E-state index in [0.717, 1.165) is 18.6 Å². The van der Waals surface area contributed by atoms with Crippen LogP contribution in [0, 0.1) is 0 Å². The zero-order valence-electron chi connectivity index (χ0n) is 11.9. The summed E-state index contributed by atoms with van der Waals surface area (Å²) >= 11 is 5.82. The van der Waals surface area contributed by atoms with Gasteiger partial charge >= 0.3 is 0 Å². The van der Waals surface area contributed by atoms with Crippen LogP contribution in [-0.2, 0) is 0 Å². The minimum absolute atomic E-state index is 0.0389. The maximum Gasteiger partial charge on any atom is 0.254 e. The molecule has 0 saturated heterocycles. The average Bonchev–Trinajstić information content (AvgIpc) is 2.47. The molecule has 1 aromatic rings. The van der Waals surface area contributed by atoms with E-state index in [1.165, 1.54) is 0 Å². The minimum atomic E-state index is 0.0389. The summed E-state index contributed by atoms with van der Waals surface area (Å²) in [5.41, 5.74) is 0.679. The van der Waals surface area contributed by atoms with Crippen LogP contribution in [0.3, 0.4) is 0 Å². The van der Waals surface area contributed by atoms with Crippen LogP contribution in [0.5, 0.6) is 5.75 Å². The predicted octanol–water partition coefficient (Wildman–Crippen LogP) is 3.56. The fraction of sp³-hybridized carbons (Fsp3) is 0.533. The first-order chi connectivity index (χ1) is 9.17. The number of rotatable bonds is 7. The quantitative estimate of drug-likeness (QED) is 0.716. The number of alkyl halides is 1. The molecule has 0 saturated carbocycles. The van der Waals surface area contributed by atoms with Gasteiger partial charge in [-0.05, 0) is 37.1 Å². The Morgan fingerprint density at radius 2 is 1.84 bits per heavy atom. The van der Waals surface area contributed by atoms with Crippen LogP contribution < -0.4 is 4.74 Å². The number of amides is 1. The molecule has 19 heavy (non-hydrogen) atoms. The molecule has 1 amide bonds. The number of carbonyl (C=O) groups is 1. The SMILES string of the molecule is CCC(CC)N(CCCl)C(=O)c1ccc(OC)cc1. The van der Waals surface area contributed by atoms with Crippen molar-refractivity contribution in [1.82, 2.24) is 4.90 Å². The first-order valence-corrected chi connectivity index (χ1v) is 7.22. The van der Waals surface area contributed by atoms with E-state index >= 15 is 0 Å². The lowest BCUT2D eigenvalue weighted by atomic mass is 10.1. The topological polar surface area (TPSA) is 29.5 Å². The number of halogens is 1. The maximum atomic E-state index is 12.5. The van der Waals surface area contributed by atoms with Gasteiger partial charge in [-0.2, -0.15) is 0 Å². The van der Waals surface area contributed by atoms with Gasteiger partial charge in [-0.3, -0.25) is 4.79 Å². The molecule has 3 nitrogen and oxygen atoms in total. The van der Waals surface area contributed by atoms with Gasteiger partial charge in [0.2, 0.25) is 0 Å². The lowest BCUT2D eigenvalue weighted by Crippen LogP contribution is -2.41. The van der Waals surface area contributed by atoms with E-state index in [-0.39, 0.29) is 11.9 Å². The van der Waals surface area contributed by atoms with Gasteiger partial charge in [0.15, 0.2) is 0 Å². The van der Waals surface area contributed by atoms with E-state index in [0.29, 0.717) is 18.0 Å². The van der Waals surface area contributed by atoms with Gasteiger partial charge in [-0.25, -0.2) is 0 Å². The van der Waals surface area contributed by atoms with Crippen LogP contribution in [0.4, 0.5) is 0 Å². The first kappa shape index (κ1) is 15.8. The van der Waals surface area contributed by atoms with Gasteiger partial charge in [0.1, 0.15) is 5.75 Å². The third-order valence-corrected chi connectivity index (χ3v) is 3.48. The molecule has 1 rings (SSSR count). The van der Waals surface area contributed by atoms with Crippen molar-refractivity contribution < 1.29 is 9.53 Å². The molecule has 0 spiro atoms. The standard InChI is InChI=1S/C15H22ClNO2/c1-4-13(5-2)17(11-10-16)15(18)12-6-8-14(19-3)9-7-12/h6-9,13H,4-5,10-11H2,1-3H3. The highest BCUT2D eigenvalue weighted by Crippen LogP contribution is 2.17. The summed E-state index contributed by atoms with van der Waals surface area (Å²) < 4.78 is 5.10. The molecular weight excluding hydrogens is 262 g/mol. The molecule has 0 atom stereocenters. The van der Waals surface area contributed by atoms with E-state index in [9.17, 15) is 4.79 Å². The number of carbonyl (C=O) groups excluding carboxylic acids is 1. The molecule has 0 aliphatic rings. The van der Waals surface area contributed by atoms with Gasteiger partial charge in [0.05, 0.1) is 7.11 Å². The second-order valence-corrected chi connectivity index (χ2v) is 4.76. The predicted molar refractivity (Wildman–Crippen MR) is 79.1 cm³/mol.